The standard InChI is InChI=1S/C14H22N2O2S.ClH/c1-10-3-8-14(11(2)9-10)19(17,18)16-13-6-4-12(15)5-7-13;/h3,8-9,12-13,16H,4-7,15H2,1-2H3;1H. The second-order valence-corrected chi connectivity index (χ2v) is 7.18. The quantitative estimate of drug-likeness (QED) is 0.898. The van der Waals surface area contributed by atoms with E-state index in [1.54, 1.807) is 6.07 Å². The van der Waals surface area contributed by atoms with Gasteiger partial charge in [-0.05, 0) is 51.2 Å². The molecule has 0 radical (unpaired) electrons. The summed E-state index contributed by atoms with van der Waals surface area (Å²) in [5.41, 5.74) is 7.70. The molecule has 1 aromatic rings. The van der Waals surface area contributed by atoms with Gasteiger partial charge in [-0.3, -0.25) is 0 Å². The molecular weight excluding hydrogens is 296 g/mol. The molecular formula is C14H23ClN2O2S. The van der Waals surface area contributed by atoms with E-state index in [-0.39, 0.29) is 24.5 Å². The fourth-order valence-electron chi connectivity index (χ4n) is 2.62. The van der Waals surface area contributed by atoms with Gasteiger partial charge < -0.3 is 5.73 Å². The number of hydrogen-bond acceptors (Lipinski definition) is 3. The monoisotopic (exact) mass is 318 g/mol. The van der Waals surface area contributed by atoms with E-state index in [2.05, 4.69) is 4.72 Å². The van der Waals surface area contributed by atoms with Gasteiger partial charge in [0.05, 0.1) is 4.90 Å². The molecule has 1 saturated carbocycles. The summed E-state index contributed by atoms with van der Waals surface area (Å²) in [5, 5.41) is 0. The first-order valence-corrected chi connectivity index (χ1v) is 8.22. The summed E-state index contributed by atoms with van der Waals surface area (Å²) in [5.74, 6) is 0. The molecule has 6 heteroatoms. The van der Waals surface area contributed by atoms with Crippen molar-refractivity contribution in [2.45, 2.75) is 56.5 Å². The number of aryl methyl sites for hydroxylation is 2. The molecule has 2 rings (SSSR count). The topological polar surface area (TPSA) is 72.2 Å². The molecule has 20 heavy (non-hydrogen) atoms. The van der Waals surface area contributed by atoms with Crippen LogP contribution in [0.4, 0.5) is 0 Å². The molecule has 0 aliphatic heterocycles. The number of hydrogen-bond donors (Lipinski definition) is 2. The first-order valence-electron chi connectivity index (χ1n) is 6.73. The van der Waals surface area contributed by atoms with Crippen molar-refractivity contribution in [2.75, 3.05) is 0 Å². The number of halogens is 1. The van der Waals surface area contributed by atoms with E-state index in [9.17, 15) is 8.42 Å². The molecule has 1 fully saturated rings. The number of benzene rings is 1. The van der Waals surface area contributed by atoms with Crippen LogP contribution >= 0.6 is 12.4 Å². The average molecular weight is 319 g/mol. The fourth-order valence-corrected chi connectivity index (χ4v) is 4.15. The molecule has 0 heterocycles. The lowest BCUT2D eigenvalue weighted by Gasteiger charge is -2.26. The smallest absolute Gasteiger partial charge is 0.241 e. The van der Waals surface area contributed by atoms with E-state index < -0.39 is 10.0 Å². The lowest BCUT2D eigenvalue weighted by molar-refractivity contribution is 0.373. The third kappa shape index (κ3) is 4.19. The molecule has 0 saturated heterocycles. The van der Waals surface area contributed by atoms with Crippen molar-refractivity contribution in [3.63, 3.8) is 0 Å². The molecule has 1 aliphatic carbocycles. The van der Waals surface area contributed by atoms with Gasteiger partial charge in [0, 0.05) is 12.1 Å². The lowest BCUT2D eigenvalue weighted by atomic mass is 9.93. The first kappa shape index (κ1) is 17.4. The molecule has 0 atom stereocenters. The van der Waals surface area contributed by atoms with E-state index >= 15 is 0 Å². The van der Waals surface area contributed by atoms with E-state index in [0.717, 1.165) is 36.8 Å². The van der Waals surface area contributed by atoms with Gasteiger partial charge in [-0.15, -0.1) is 12.4 Å². The van der Waals surface area contributed by atoms with Crippen LogP contribution in [0.3, 0.4) is 0 Å². The highest BCUT2D eigenvalue weighted by Gasteiger charge is 2.25. The van der Waals surface area contributed by atoms with E-state index in [0.29, 0.717) is 4.90 Å². The summed E-state index contributed by atoms with van der Waals surface area (Å²) >= 11 is 0. The van der Waals surface area contributed by atoms with E-state index in [1.165, 1.54) is 0 Å². The molecule has 1 aliphatic rings. The summed E-state index contributed by atoms with van der Waals surface area (Å²) in [6.07, 6.45) is 3.43. The van der Waals surface area contributed by atoms with Crippen LogP contribution in [-0.2, 0) is 10.0 Å². The van der Waals surface area contributed by atoms with Gasteiger partial charge in [0.2, 0.25) is 10.0 Å². The van der Waals surface area contributed by atoms with Crippen LogP contribution in [0.15, 0.2) is 23.1 Å². The summed E-state index contributed by atoms with van der Waals surface area (Å²) in [6, 6.07) is 5.65. The maximum Gasteiger partial charge on any atom is 0.241 e. The highest BCUT2D eigenvalue weighted by atomic mass is 35.5. The normalized spacial score (nSPS) is 23.1. The predicted octanol–water partition coefficient (Wildman–Crippen LogP) is 2.27. The predicted molar refractivity (Wildman–Crippen MR) is 83.7 cm³/mol. The number of sulfonamides is 1. The maximum atomic E-state index is 12.4. The Hall–Kier alpha value is -0.620. The molecule has 114 valence electrons. The molecule has 0 unspecified atom stereocenters. The van der Waals surface area contributed by atoms with E-state index in [1.807, 2.05) is 26.0 Å². The molecule has 0 aromatic heterocycles. The van der Waals surface area contributed by atoms with Crippen molar-refractivity contribution >= 4 is 22.4 Å². The maximum absolute atomic E-state index is 12.4. The first-order chi connectivity index (χ1) is 8.88. The molecule has 3 N–H and O–H groups in total. The van der Waals surface area contributed by atoms with Gasteiger partial charge in [-0.25, -0.2) is 13.1 Å². The third-order valence-electron chi connectivity index (χ3n) is 3.71. The highest BCUT2D eigenvalue weighted by molar-refractivity contribution is 7.89. The third-order valence-corrected chi connectivity index (χ3v) is 5.39. The Labute approximate surface area is 127 Å². The minimum Gasteiger partial charge on any atom is -0.328 e. The van der Waals surface area contributed by atoms with Gasteiger partial charge >= 0.3 is 0 Å². The minimum atomic E-state index is -3.42. The number of nitrogens with one attached hydrogen (secondary N) is 1. The summed E-state index contributed by atoms with van der Waals surface area (Å²) < 4.78 is 27.6. The van der Waals surface area contributed by atoms with Crippen LogP contribution in [0.1, 0.15) is 36.8 Å². The average Bonchev–Trinajstić information content (AvgIpc) is 2.31. The van der Waals surface area contributed by atoms with Gasteiger partial charge in [0.15, 0.2) is 0 Å². The Morgan fingerprint density at radius 3 is 2.30 bits per heavy atom. The van der Waals surface area contributed by atoms with Crippen LogP contribution in [0.2, 0.25) is 0 Å². The fraction of sp³-hybridized carbons (Fsp3) is 0.571. The van der Waals surface area contributed by atoms with Gasteiger partial charge in [0.25, 0.3) is 0 Å². The van der Waals surface area contributed by atoms with Crippen LogP contribution < -0.4 is 10.5 Å². The van der Waals surface area contributed by atoms with Crippen molar-refractivity contribution in [2.24, 2.45) is 5.73 Å². The summed E-state index contributed by atoms with van der Waals surface area (Å²) in [4.78, 5) is 0.382. The van der Waals surface area contributed by atoms with Crippen molar-refractivity contribution in [3.8, 4) is 0 Å². The summed E-state index contributed by atoms with van der Waals surface area (Å²) in [7, 11) is -3.42. The zero-order valence-electron chi connectivity index (χ0n) is 11.9. The van der Waals surface area contributed by atoms with E-state index in [4.69, 9.17) is 5.73 Å². The zero-order chi connectivity index (χ0) is 14.0. The van der Waals surface area contributed by atoms with Crippen molar-refractivity contribution in [1.29, 1.82) is 0 Å². The Morgan fingerprint density at radius 1 is 1.15 bits per heavy atom. The second kappa shape index (κ2) is 6.89. The Balaban J connectivity index is 0.00000200. The number of nitrogens with two attached hydrogens (primary N) is 1. The van der Waals surface area contributed by atoms with Crippen LogP contribution in [0, 0.1) is 13.8 Å². The van der Waals surface area contributed by atoms with Gasteiger partial charge in [-0.1, -0.05) is 17.7 Å². The minimum absolute atomic E-state index is 0. The Morgan fingerprint density at radius 2 is 1.75 bits per heavy atom. The zero-order valence-corrected chi connectivity index (χ0v) is 13.6. The molecule has 0 spiro atoms. The van der Waals surface area contributed by atoms with Crippen LogP contribution in [-0.4, -0.2) is 20.5 Å². The Kier molecular flexibility index (Phi) is 6.01. The molecule has 4 nitrogen and oxygen atoms in total. The summed E-state index contributed by atoms with van der Waals surface area (Å²) in [6.45, 7) is 3.79. The SMILES string of the molecule is Cc1ccc(S(=O)(=O)NC2CCC(N)CC2)c(C)c1.Cl. The number of rotatable bonds is 3. The largest absolute Gasteiger partial charge is 0.328 e. The van der Waals surface area contributed by atoms with Gasteiger partial charge in [-0.2, -0.15) is 0 Å². The highest BCUT2D eigenvalue weighted by Crippen LogP contribution is 2.21. The lowest BCUT2D eigenvalue weighted by Crippen LogP contribution is -2.40. The molecule has 0 bridgehead atoms. The van der Waals surface area contributed by atoms with Crippen molar-refractivity contribution in [1.82, 2.24) is 4.72 Å². The van der Waals surface area contributed by atoms with Crippen LogP contribution in [0.25, 0.3) is 0 Å². The molecule has 0 amide bonds. The van der Waals surface area contributed by atoms with Gasteiger partial charge in [0.1, 0.15) is 0 Å². The van der Waals surface area contributed by atoms with Crippen LogP contribution in [0.5, 0.6) is 0 Å². The Bertz CT molecular complexity index is 552. The van der Waals surface area contributed by atoms with Crippen molar-refractivity contribution in [3.05, 3.63) is 29.3 Å². The molecule has 1 aromatic carbocycles. The van der Waals surface area contributed by atoms with Crippen molar-refractivity contribution < 1.29 is 8.42 Å². The second-order valence-electron chi connectivity index (χ2n) is 5.50.